The Morgan fingerprint density at radius 2 is 1.90 bits per heavy atom. The van der Waals surface area contributed by atoms with Crippen molar-refractivity contribution in [2.24, 2.45) is 4.99 Å². The molecule has 2 aromatic rings. The van der Waals surface area contributed by atoms with E-state index in [9.17, 15) is 4.79 Å². The van der Waals surface area contributed by atoms with Crippen molar-refractivity contribution < 1.29 is 9.53 Å². The maximum absolute atomic E-state index is 11.9. The highest BCUT2D eigenvalue weighted by atomic mass is 79.9. The average Bonchev–Trinajstić information content (AvgIpc) is 2.83. The fourth-order valence-electron chi connectivity index (χ4n) is 1.87. The molecule has 21 heavy (non-hydrogen) atoms. The Labute approximate surface area is 135 Å². The van der Waals surface area contributed by atoms with Gasteiger partial charge in [-0.3, -0.25) is 0 Å². The molecular weight excluding hydrogens is 354 g/mol. The lowest BCUT2D eigenvalue weighted by atomic mass is 10.2. The molecule has 0 fully saturated rings. The molecule has 1 aliphatic rings. The van der Waals surface area contributed by atoms with Gasteiger partial charge < -0.3 is 4.74 Å². The van der Waals surface area contributed by atoms with Crippen molar-refractivity contribution in [2.45, 2.75) is 0 Å². The lowest BCUT2D eigenvalue weighted by Gasteiger charge is -1.98. The lowest BCUT2D eigenvalue weighted by Crippen LogP contribution is -2.05. The number of halogens is 2. The van der Waals surface area contributed by atoms with Crippen molar-refractivity contribution >= 4 is 45.5 Å². The highest BCUT2D eigenvalue weighted by Crippen LogP contribution is 2.21. The number of hydrogen-bond donors (Lipinski definition) is 0. The van der Waals surface area contributed by atoms with E-state index in [0.29, 0.717) is 10.6 Å². The third kappa shape index (κ3) is 3.23. The molecule has 0 saturated carbocycles. The van der Waals surface area contributed by atoms with E-state index in [4.69, 9.17) is 16.3 Å². The summed E-state index contributed by atoms with van der Waals surface area (Å²) in [6, 6.07) is 14.6. The molecule has 0 atom stereocenters. The fraction of sp³-hybridized carbons (Fsp3) is 0. The van der Waals surface area contributed by atoms with Crippen molar-refractivity contribution in [3.63, 3.8) is 0 Å². The van der Waals surface area contributed by atoms with Gasteiger partial charge in [-0.15, -0.1) is 0 Å². The quantitative estimate of drug-likeness (QED) is 0.585. The normalized spacial score (nSPS) is 16.0. The van der Waals surface area contributed by atoms with Gasteiger partial charge in [-0.25, -0.2) is 9.79 Å². The Hall–Kier alpha value is -1.91. The molecule has 0 unspecified atom stereocenters. The molecule has 0 bridgehead atoms. The molecule has 104 valence electrons. The molecule has 1 heterocycles. The minimum Gasteiger partial charge on any atom is -0.402 e. The van der Waals surface area contributed by atoms with Gasteiger partial charge in [0, 0.05) is 15.1 Å². The maximum Gasteiger partial charge on any atom is 0.363 e. The van der Waals surface area contributed by atoms with E-state index in [2.05, 4.69) is 20.9 Å². The van der Waals surface area contributed by atoms with Crippen LogP contribution in [0.15, 0.2) is 63.7 Å². The molecule has 0 aliphatic carbocycles. The van der Waals surface area contributed by atoms with Gasteiger partial charge in [0.1, 0.15) is 0 Å². The van der Waals surface area contributed by atoms with Gasteiger partial charge in [-0.1, -0.05) is 45.7 Å². The van der Waals surface area contributed by atoms with Crippen LogP contribution in [-0.4, -0.2) is 11.9 Å². The molecule has 0 saturated heterocycles. The Balaban J connectivity index is 1.93. The van der Waals surface area contributed by atoms with E-state index in [1.54, 1.807) is 30.3 Å². The van der Waals surface area contributed by atoms with E-state index < -0.39 is 5.97 Å². The van der Waals surface area contributed by atoms with Crippen LogP contribution in [0.25, 0.3) is 6.08 Å². The molecule has 3 nitrogen and oxygen atoms in total. The van der Waals surface area contributed by atoms with Gasteiger partial charge in [-0.2, -0.15) is 0 Å². The van der Waals surface area contributed by atoms with Crippen molar-refractivity contribution in [2.75, 3.05) is 0 Å². The van der Waals surface area contributed by atoms with Crippen LogP contribution in [0.4, 0.5) is 0 Å². The fourth-order valence-corrected chi connectivity index (χ4v) is 2.33. The van der Waals surface area contributed by atoms with Crippen molar-refractivity contribution in [1.82, 2.24) is 0 Å². The molecule has 2 aromatic carbocycles. The first kappa shape index (κ1) is 14.0. The summed E-state index contributed by atoms with van der Waals surface area (Å²) in [5.74, 6) is -0.196. The Bertz CT molecular complexity index is 766. The number of carbonyl (C=O) groups is 1. The Kier molecular flexibility index (Phi) is 3.90. The molecule has 0 spiro atoms. The standard InChI is InChI=1S/C16H9BrClNO2/c17-12-6-4-10(5-7-12)8-14-16(20)21-15(19-14)11-2-1-3-13(18)9-11/h1-9H. The predicted octanol–water partition coefficient (Wildman–Crippen LogP) is 4.45. The third-order valence-corrected chi connectivity index (χ3v) is 3.63. The Morgan fingerprint density at radius 3 is 2.62 bits per heavy atom. The number of benzene rings is 2. The van der Waals surface area contributed by atoms with Crippen LogP contribution >= 0.6 is 27.5 Å². The van der Waals surface area contributed by atoms with Gasteiger partial charge in [0.15, 0.2) is 5.70 Å². The first-order valence-electron chi connectivity index (χ1n) is 6.16. The van der Waals surface area contributed by atoms with Crippen LogP contribution in [0, 0.1) is 0 Å². The van der Waals surface area contributed by atoms with E-state index in [1.165, 1.54) is 0 Å². The van der Waals surface area contributed by atoms with Crippen molar-refractivity contribution in [1.29, 1.82) is 0 Å². The van der Waals surface area contributed by atoms with E-state index in [0.717, 1.165) is 10.0 Å². The minimum atomic E-state index is -0.465. The first-order chi connectivity index (χ1) is 10.1. The Morgan fingerprint density at radius 1 is 1.14 bits per heavy atom. The maximum atomic E-state index is 11.9. The number of cyclic esters (lactones) is 1. The third-order valence-electron chi connectivity index (χ3n) is 2.87. The van der Waals surface area contributed by atoms with Crippen LogP contribution in [-0.2, 0) is 9.53 Å². The van der Waals surface area contributed by atoms with Gasteiger partial charge in [0.05, 0.1) is 0 Å². The number of rotatable bonds is 2. The lowest BCUT2D eigenvalue weighted by molar-refractivity contribution is -0.129. The zero-order valence-corrected chi connectivity index (χ0v) is 13.1. The molecule has 0 N–H and O–H groups in total. The molecule has 0 aromatic heterocycles. The number of carbonyl (C=O) groups excluding carboxylic acids is 1. The van der Waals surface area contributed by atoms with Gasteiger partial charge in [0.2, 0.25) is 5.90 Å². The van der Waals surface area contributed by atoms with Crippen LogP contribution in [0.5, 0.6) is 0 Å². The largest absolute Gasteiger partial charge is 0.402 e. The summed E-state index contributed by atoms with van der Waals surface area (Å²) in [5, 5.41) is 0.566. The van der Waals surface area contributed by atoms with Crippen LogP contribution in [0.2, 0.25) is 5.02 Å². The van der Waals surface area contributed by atoms with Gasteiger partial charge in [0.25, 0.3) is 0 Å². The number of hydrogen-bond acceptors (Lipinski definition) is 3. The molecule has 5 heteroatoms. The molecular formula is C16H9BrClNO2. The SMILES string of the molecule is O=C1OC(c2cccc(Cl)c2)=NC1=Cc1ccc(Br)cc1. The van der Waals surface area contributed by atoms with Crippen LogP contribution in [0.3, 0.4) is 0 Å². The van der Waals surface area contributed by atoms with Gasteiger partial charge in [-0.05, 0) is 42.0 Å². The monoisotopic (exact) mass is 361 g/mol. The zero-order valence-electron chi connectivity index (χ0n) is 10.7. The molecule has 3 rings (SSSR count). The minimum absolute atomic E-state index is 0.269. The summed E-state index contributed by atoms with van der Waals surface area (Å²) in [5.41, 5.74) is 1.82. The highest BCUT2D eigenvalue weighted by Gasteiger charge is 2.24. The second-order valence-electron chi connectivity index (χ2n) is 4.40. The first-order valence-corrected chi connectivity index (χ1v) is 7.33. The van der Waals surface area contributed by atoms with Crippen molar-refractivity contribution in [3.05, 3.63) is 74.9 Å². The van der Waals surface area contributed by atoms with Crippen LogP contribution in [0.1, 0.15) is 11.1 Å². The topological polar surface area (TPSA) is 38.7 Å². The van der Waals surface area contributed by atoms with E-state index in [1.807, 2.05) is 24.3 Å². The number of esters is 1. The smallest absolute Gasteiger partial charge is 0.363 e. The number of aliphatic imine (C=N–C) groups is 1. The predicted molar refractivity (Wildman–Crippen MR) is 86.2 cm³/mol. The van der Waals surface area contributed by atoms with Gasteiger partial charge >= 0.3 is 5.97 Å². The number of ether oxygens (including phenoxy) is 1. The van der Waals surface area contributed by atoms with E-state index >= 15 is 0 Å². The molecule has 0 radical (unpaired) electrons. The highest BCUT2D eigenvalue weighted by molar-refractivity contribution is 9.10. The summed E-state index contributed by atoms with van der Waals surface area (Å²) in [7, 11) is 0. The summed E-state index contributed by atoms with van der Waals surface area (Å²) >= 11 is 9.29. The summed E-state index contributed by atoms with van der Waals surface area (Å²) in [4.78, 5) is 16.1. The summed E-state index contributed by atoms with van der Waals surface area (Å²) in [6.45, 7) is 0. The molecule has 0 amide bonds. The van der Waals surface area contributed by atoms with Crippen LogP contribution < -0.4 is 0 Å². The second-order valence-corrected chi connectivity index (χ2v) is 5.75. The number of nitrogens with zero attached hydrogens (tertiary/aromatic N) is 1. The summed E-state index contributed by atoms with van der Waals surface area (Å²) in [6.07, 6.45) is 1.69. The molecule has 1 aliphatic heterocycles. The second kappa shape index (κ2) is 5.84. The average molecular weight is 363 g/mol. The van der Waals surface area contributed by atoms with Crippen molar-refractivity contribution in [3.8, 4) is 0 Å². The zero-order chi connectivity index (χ0) is 14.8. The summed E-state index contributed by atoms with van der Waals surface area (Å²) < 4.78 is 6.16. The van der Waals surface area contributed by atoms with E-state index in [-0.39, 0.29) is 11.6 Å².